The number of pyridine rings is 1. The van der Waals surface area contributed by atoms with Gasteiger partial charge in [-0.2, -0.15) is 0 Å². The Balaban J connectivity index is 1.62. The van der Waals surface area contributed by atoms with E-state index in [2.05, 4.69) is 22.4 Å². The molecule has 1 aromatic heterocycles. The van der Waals surface area contributed by atoms with Crippen molar-refractivity contribution in [3.8, 4) is 0 Å². The van der Waals surface area contributed by atoms with Gasteiger partial charge < -0.3 is 10.4 Å². The van der Waals surface area contributed by atoms with E-state index < -0.39 is 6.10 Å². The smallest absolute Gasteiger partial charge is 0.0914 e. The number of nitrogens with one attached hydrogen (secondary N) is 1. The molecule has 0 aliphatic heterocycles. The number of fused-ring (bicyclic) bond motifs is 1. The number of aliphatic hydroxyl groups excluding tert-OH is 1. The van der Waals surface area contributed by atoms with Crippen LogP contribution >= 0.6 is 0 Å². The minimum absolute atomic E-state index is 0.509. The van der Waals surface area contributed by atoms with Crippen LogP contribution in [0.2, 0.25) is 0 Å². The van der Waals surface area contributed by atoms with E-state index in [1.54, 1.807) is 6.20 Å². The summed E-state index contributed by atoms with van der Waals surface area (Å²) in [7, 11) is 0. The standard InChI is InChI=1S/C18H18N2O/c21-18(13-19-12-17-7-3-4-10-20-17)16-9-8-14-5-1-2-6-15(14)11-16/h1-11,18-19,21H,12-13H2. The lowest BCUT2D eigenvalue weighted by molar-refractivity contribution is 0.174. The van der Waals surface area contributed by atoms with Crippen LogP contribution < -0.4 is 5.32 Å². The average molecular weight is 278 g/mol. The predicted octanol–water partition coefficient (Wildman–Crippen LogP) is 3.06. The fraction of sp³-hybridized carbons (Fsp3) is 0.167. The van der Waals surface area contributed by atoms with Gasteiger partial charge in [0.2, 0.25) is 0 Å². The number of aliphatic hydroxyl groups is 1. The summed E-state index contributed by atoms with van der Waals surface area (Å²) in [5.41, 5.74) is 1.91. The maximum Gasteiger partial charge on any atom is 0.0914 e. The third-order valence-electron chi connectivity index (χ3n) is 3.53. The third-order valence-corrected chi connectivity index (χ3v) is 3.53. The van der Waals surface area contributed by atoms with Gasteiger partial charge in [-0.05, 0) is 34.5 Å². The van der Waals surface area contributed by atoms with E-state index in [-0.39, 0.29) is 0 Å². The molecule has 0 fully saturated rings. The van der Waals surface area contributed by atoms with Crippen LogP contribution in [0.25, 0.3) is 10.8 Å². The van der Waals surface area contributed by atoms with Gasteiger partial charge in [0, 0.05) is 19.3 Å². The van der Waals surface area contributed by atoms with Gasteiger partial charge in [-0.15, -0.1) is 0 Å². The first-order valence-corrected chi connectivity index (χ1v) is 7.10. The normalized spacial score (nSPS) is 12.4. The van der Waals surface area contributed by atoms with Crippen molar-refractivity contribution < 1.29 is 5.11 Å². The SMILES string of the molecule is OC(CNCc1ccccn1)c1ccc2ccccc2c1. The predicted molar refractivity (Wildman–Crippen MR) is 84.9 cm³/mol. The Hall–Kier alpha value is -2.23. The van der Waals surface area contributed by atoms with Crippen molar-refractivity contribution in [3.05, 3.63) is 78.1 Å². The van der Waals surface area contributed by atoms with Crippen LogP contribution in [0.15, 0.2) is 66.9 Å². The number of rotatable bonds is 5. The van der Waals surface area contributed by atoms with E-state index in [1.807, 2.05) is 48.5 Å². The molecule has 3 nitrogen and oxygen atoms in total. The van der Waals surface area contributed by atoms with E-state index >= 15 is 0 Å². The molecule has 1 atom stereocenters. The quantitative estimate of drug-likeness (QED) is 0.754. The molecule has 0 amide bonds. The van der Waals surface area contributed by atoms with Gasteiger partial charge in [0.05, 0.1) is 11.8 Å². The molecule has 1 heterocycles. The molecule has 0 aliphatic carbocycles. The van der Waals surface area contributed by atoms with Crippen LogP contribution in [0.4, 0.5) is 0 Å². The Labute approximate surface area is 124 Å². The molecule has 0 bridgehead atoms. The van der Waals surface area contributed by atoms with Gasteiger partial charge in [0.25, 0.3) is 0 Å². The number of benzene rings is 2. The molecule has 0 saturated carbocycles. The van der Waals surface area contributed by atoms with E-state index in [4.69, 9.17) is 0 Å². The van der Waals surface area contributed by atoms with Crippen LogP contribution in [0, 0.1) is 0 Å². The summed E-state index contributed by atoms with van der Waals surface area (Å²) in [6.45, 7) is 1.17. The van der Waals surface area contributed by atoms with Gasteiger partial charge in [-0.1, -0.05) is 42.5 Å². The highest BCUT2D eigenvalue weighted by atomic mass is 16.3. The zero-order valence-corrected chi connectivity index (χ0v) is 11.7. The van der Waals surface area contributed by atoms with Crippen molar-refractivity contribution in [2.45, 2.75) is 12.6 Å². The molecule has 21 heavy (non-hydrogen) atoms. The molecule has 0 saturated heterocycles. The number of aromatic nitrogens is 1. The summed E-state index contributed by atoms with van der Waals surface area (Å²) in [5.74, 6) is 0. The largest absolute Gasteiger partial charge is 0.387 e. The lowest BCUT2D eigenvalue weighted by Gasteiger charge is -2.13. The fourth-order valence-corrected chi connectivity index (χ4v) is 2.37. The molecular formula is C18H18N2O. The average Bonchev–Trinajstić information content (AvgIpc) is 2.55. The molecule has 0 spiro atoms. The summed E-state index contributed by atoms with van der Waals surface area (Å²) >= 11 is 0. The van der Waals surface area contributed by atoms with Gasteiger partial charge in [0.1, 0.15) is 0 Å². The highest BCUT2D eigenvalue weighted by Crippen LogP contribution is 2.20. The Kier molecular flexibility index (Phi) is 4.24. The highest BCUT2D eigenvalue weighted by molar-refractivity contribution is 5.83. The minimum atomic E-state index is -0.515. The second-order valence-corrected chi connectivity index (χ2v) is 5.07. The summed E-state index contributed by atoms with van der Waals surface area (Å²) in [4.78, 5) is 4.25. The maximum absolute atomic E-state index is 10.3. The Morgan fingerprint density at radius 2 is 1.76 bits per heavy atom. The molecule has 3 aromatic rings. The Bertz CT molecular complexity index is 712. The molecule has 3 rings (SSSR count). The summed E-state index contributed by atoms with van der Waals surface area (Å²) < 4.78 is 0. The van der Waals surface area contributed by atoms with Crippen LogP contribution in [-0.4, -0.2) is 16.6 Å². The molecule has 2 aromatic carbocycles. The second-order valence-electron chi connectivity index (χ2n) is 5.07. The molecule has 0 aliphatic rings. The van der Waals surface area contributed by atoms with E-state index in [9.17, 15) is 5.11 Å². The number of hydrogen-bond donors (Lipinski definition) is 2. The lowest BCUT2D eigenvalue weighted by Crippen LogP contribution is -2.21. The summed E-state index contributed by atoms with van der Waals surface area (Å²) in [6, 6.07) is 20.1. The number of hydrogen-bond acceptors (Lipinski definition) is 3. The van der Waals surface area contributed by atoms with Gasteiger partial charge in [-0.3, -0.25) is 4.98 Å². The minimum Gasteiger partial charge on any atom is -0.387 e. The van der Waals surface area contributed by atoms with Gasteiger partial charge in [-0.25, -0.2) is 0 Å². The van der Waals surface area contributed by atoms with E-state index in [1.165, 1.54) is 5.39 Å². The van der Waals surface area contributed by atoms with Crippen molar-refractivity contribution in [3.63, 3.8) is 0 Å². The first-order chi connectivity index (χ1) is 10.3. The third kappa shape index (κ3) is 3.45. The van der Waals surface area contributed by atoms with Crippen molar-refractivity contribution in [1.29, 1.82) is 0 Å². The van der Waals surface area contributed by atoms with E-state index in [0.29, 0.717) is 13.1 Å². The first kappa shape index (κ1) is 13.7. The topological polar surface area (TPSA) is 45.1 Å². The molecule has 0 radical (unpaired) electrons. The van der Waals surface area contributed by atoms with Gasteiger partial charge in [0.15, 0.2) is 0 Å². The second kappa shape index (κ2) is 6.48. The van der Waals surface area contributed by atoms with Crippen molar-refractivity contribution >= 4 is 10.8 Å². The number of nitrogens with zero attached hydrogens (tertiary/aromatic N) is 1. The maximum atomic E-state index is 10.3. The van der Waals surface area contributed by atoms with Gasteiger partial charge >= 0.3 is 0 Å². The molecule has 1 unspecified atom stereocenters. The van der Waals surface area contributed by atoms with E-state index in [0.717, 1.165) is 16.6 Å². The zero-order chi connectivity index (χ0) is 14.5. The summed E-state index contributed by atoms with van der Waals surface area (Å²) in [5, 5.41) is 15.9. The van der Waals surface area contributed by atoms with Crippen LogP contribution in [0.3, 0.4) is 0 Å². The van der Waals surface area contributed by atoms with Crippen molar-refractivity contribution in [1.82, 2.24) is 10.3 Å². The first-order valence-electron chi connectivity index (χ1n) is 7.10. The van der Waals surface area contributed by atoms with Crippen molar-refractivity contribution in [2.75, 3.05) is 6.54 Å². The Morgan fingerprint density at radius 3 is 2.57 bits per heavy atom. The van der Waals surface area contributed by atoms with Crippen LogP contribution in [0.5, 0.6) is 0 Å². The van der Waals surface area contributed by atoms with Crippen LogP contribution in [0.1, 0.15) is 17.4 Å². The Morgan fingerprint density at radius 1 is 0.952 bits per heavy atom. The monoisotopic (exact) mass is 278 g/mol. The van der Waals surface area contributed by atoms with Crippen molar-refractivity contribution in [2.24, 2.45) is 0 Å². The molecule has 2 N–H and O–H groups in total. The summed E-state index contributed by atoms with van der Waals surface area (Å²) in [6.07, 6.45) is 1.26. The molecule has 106 valence electrons. The van der Waals surface area contributed by atoms with Crippen LogP contribution in [-0.2, 0) is 6.54 Å². The molecule has 3 heteroatoms. The zero-order valence-electron chi connectivity index (χ0n) is 11.7. The fourth-order valence-electron chi connectivity index (χ4n) is 2.37. The lowest BCUT2D eigenvalue weighted by atomic mass is 10.0. The highest BCUT2D eigenvalue weighted by Gasteiger charge is 2.07. The molecular weight excluding hydrogens is 260 g/mol.